The lowest BCUT2D eigenvalue weighted by molar-refractivity contribution is -0.0982. The van der Waals surface area contributed by atoms with E-state index in [2.05, 4.69) is 0 Å². The Bertz CT molecular complexity index is 692. The van der Waals surface area contributed by atoms with Crippen molar-refractivity contribution in [3.8, 4) is 5.75 Å². The van der Waals surface area contributed by atoms with Crippen LogP contribution in [0.25, 0.3) is 0 Å². The van der Waals surface area contributed by atoms with E-state index < -0.39 is 30.0 Å². The van der Waals surface area contributed by atoms with Gasteiger partial charge in [0.1, 0.15) is 18.0 Å². The molecule has 0 unspecified atom stereocenters. The highest BCUT2D eigenvalue weighted by Crippen LogP contribution is 2.32. The molecule has 150 valence electrons. The summed E-state index contributed by atoms with van der Waals surface area (Å²) in [6, 6.07) is 4.99. The molecular weight excluding hydrogens is 349 g/mol. The third kappa shape index (κ3) is 5.15. The number of carbonyl (C=O) groups excluding carboxylic acids is 1. The Morgan fingerprint density at radius 1 is 1.19 bits per heavy atom. The highest BCUT2D eigenvalue weighted by molar-refractivity contribution is 6.60. The predicted molar refractivity (Wildman–Crippen MR) is 105 cm³/mol. The van der Waals surface area contributed by atoms with Crippen LogP contribution in [-0.4, -0.2) is 53.3 Å². The Balaban J connectivity index is 2.22. The van der Waals surface area contributed by atoms with Crippen LogP contribution in [0.1, 0.15) is 48.5 Å². The number of hydrogen-bond donors (Lipinski definition) is 2. The molecule has 8 heteroatoms. The van der Waals surface area contributed by atoms with E-state index in [0.29, 0.717) is 30.1 Å². The van der Waals surface area contributed by atoms with Gasteiger partial charge in [-0.05, 0) is 66.1 Å². The molecule has 1 heterocycles. The quantitative estimate of drug-likeness (QED) is 0.779. The van der Waals surface area contributed by atoms with E-state index in [1.54, 1.807) is 45.9 Å². The monoisotopic (exact) mass is 379 g/mol. The number of fused-ring (bicyclic) bond motifs is 1. The zero-order chi connectivity index (χ0) is 20.6. The number of anilines is 1. The fourth-order valence-corrected chi connectivity index (χ4v) is 2.39. The van der Waals surface area contributed by atoms with Gasteiger partial charge in [0.25, 0.3) is 0 Å². The number of aliphatic hydroxyl groups is 1. The van der Waals surface area contributed by atoms with Gasteiger partial charge < -0.3 is 24.3 Å². The van der Waals surface area contributed by atoms with E-state index in [1.807, 2.05) is 20.8 Å². The topological polar surface area (TPSA) is 88.5 Å². The predicted octanol–water partition coefficient (Wildman–Crippen LogP) is 2.07. The van der Waals surface area contributed by atoms with Gasteiger partial charge in [0, 0.05) is 0 Å². The second-order valence-electron chi connectivity index (χ2n) is 8.75. The Morgan fingerprint density at radius 2 is 1.81 bits per heavy atom. The molecule has 7 nitrogen and oxygen atoms in total. The van der Waals surface area contributed by atoms with Crippen LogP contribution < -0.4 is 15.1 Å². The van der Waals surface area contributed by atoms with Crippen molar-refractivity contribution in [3.63, 3.8) is 0 Å². The first-order valence-electron chi connectivity index (χ1n) is 9.07. The lowest BCUT2D eigenvalue weighted by atomic mass is 9.76. The summed E-state index contributed by atoms with van der Waals surface area (Å²) in [7, 11) is -1.25. The van der Waals surface area contributed by atoms with Crippen molar-refractivity contribution in [2.24, 2.45) is 0 Å². The Kier molecular flexibility index (Phi) is 5.85. The summed E-state index contributed by atoms with van der Waals surface area (Å²) in [4.78, 5) is 14.0. The lowest BCUT2D eigenvalue weighted by Crippen LogP contribution is -2.53. The number of benzene rings is 1. The molecule has 1 aliphatic rings. The minimum absolute atomic E-state index is 0.321. The number of hydrogen-bond acceptors (Lipinski definition) is 6. The minimum Gasteiger partial charge on any atom is -0.490 e. The molecule has 0 spiro atoms. The second-order valence-corrected chi connectivity index (χ2v) is 8.75. The van der Waals surface area contributed by atoms with Crippen molar-refractivity contribution in [2.45, 2.75) is 65.3 Å². The van der Waals surface area contributed by atoms with Crippen LogP contribution in [0.4, 0.5) is 10.5 Å². The fraction of sp³-hybridized carbons (Fsp3) is 0.632. The van der Waals surface area contributed by atoms with Gasteiger partial charge >= 0.3 is 13.2 Å². The van der Waals surface area contributed by atoms with Crippen molar-refractivity contribution in [1.82, 2.24) is 0 Å². The van der Waals surface area contributed by atoms with Gasteiger partial charge in [-0.3, -0.25) is 4.90 Å². The van der Waals surface area contributed by atoms with Crippen molar-refractivity contribution in [1.29, 1.82) is 0 Å². The van der Waals surface area contributed by atoms with Crippen LogP contribution in [0.2, 0.25) is 0 Å². The summed E-state index contributed by atoms with van der Waals surface area (Å²) >= 11 is 0. The molecule has 0 saturated carbocycles. The van der Waals surface area contributed by atoms with Gasteiger partial charge in [0.15, 0.2) is 0 Å². The largest absolute Gasteiger partial charge is 0.491 e. The molecule has 0 bridgehead atoms. The molecule has 1 aromatic carbocycles. The molecule has 2 rings (SSSR count). The third-order valence-electron chi connectivity index (χ3n) is 4.63. The van der Waals surface area contributed by atoms with Crippen molar-refractivity contribution in [2.75, 3.05) is 18.1 Å². The molecule has 27 heavy (non-hydrogen) atoms. The summed E-state index contributed by atoms with van der Waals surface area (Å²) in [5.74, 6) is 0.466. The Morgan fingerprint density at radius 3 is 2.37 bits per heavy atom. The highest BCUT2D eigenvalue weighted by Gasteiger charge is 2.40. The molecule has 1 aromatic rings. The molecule has 0 saturated heterocycles. The van der Waals surface area contributed by atoms with E-state index >= 15 is 0 Å². The van der Waals surface area contributed by atoms with Gasteiger partial charge in [-0.15, -0.1) is 0 Å². The maximum atomic E-state index is 12.4. The van der Waals surface area contributed by atoms with Gasteiger partial charge in [0.05, 0.1) is 23.4 Å². The molecule has 1 amide bonds. The van der Waals surface area contributed by atoms with E-state index in [9.17, 15) is 14.9 Å². The Labute approximate surface area is 161 Å². The molecular formula is C19H30BNO6. The van der Waals surface area contributed by atoms with Crippen molar-refractivity contribution < 1.29 is 29.1 Å². The second kappa shape index (κ2) is 7.33. The number of rotatable bonds is 4. The summed E-state index contributed by atoms with van der Waals surface area (Å²) in [5.41, 5.74) is -1.68. The molecule has 0 fully saturated rings. The van der Waals surface area contributed by atoms with Crippen molar-refractivity contribution in [3.05, 3.63) is 18.2 Å². The van der Waals surface area contributed by atoms with E-state index in [-0.39, 0.29) is 0 Å². The number of carbonyl (C=O) groups is 1. The van der Waals surface area contributed by atoms with Crippen LogP contribution in [0.15, 0.2) is 18.2 Å². The SMILES string of the molecule is CC(C)(C)OC(=O)N1CCOc2cc(B(O)OC(C)(C)C(C)(C)O)ccc21. The van der Waals surface area contributed by atoms with Crippen LogP contribution in [0.3, 0.4) is 0 Å². The minimum atomic E-state index is -1.25. The maximum Gasteiger partial charge on any atom is 0.491 e. The van der Waals surface area contributed by atoms with E-state index in [1.165, 1.54) is 4.90 Å². The van der Waals surface area contributed by atoms with Gasteiger partial charge in [0.2, 0.25) is 0 Å². The molecule has 0 aliphatic carbocycles. The summed E-state index contributed by atoms with van der Waals surface area (Å²) < 4.78 is 16.8. The number of ether oxygens (including phenoxy) is 2. The maximum absolute atomic E-state index is 12.4. The zero-order valence-electron chi connectivity index (χ0n) is 17.2. The normalized spacial score (nSPS) is 15.1. The first kappa shape index (κ1) is 21.5. The fourth-order valence-electron chi connectivity index (χ4n) is 2.39. The van der Waals surface area contributed by atoms with Crippen LogP contribution in [0.5, 0.6) is 5.75 Å². The van der Waals surface area contributed by atoms with Crippen LogP contribution in [-0.2, 0) is 9.39 Å². The van der Waals surface area contributed by atoms with Gasteiger partial charge in [-0.2, -0.15) is 0 Å². The zero-order valence-corrected chi connectivity index (χ0v) is 17.2. The van der Waals surface area contributed by atoms with Gasteiger partial charge in [-0.1, -0.05) is 6.07 Å². The first-order chi connectivity index (χ1) is 12.2. The van der Waals surface area contributed by atoms with E-state index in [4.69, 9.17) is 14.1 Å². The lowest BCUT2D eigenvalue weighted by Gasteiger charge is -2.38. The summed E-state index contributed by atoms with van der Waals surface area (Å²) in [5, 5.41) is 20.7. The number of nitrogens with zero attached hydrogens (tertiary/aromatic N) is 1. The highest BCUT2D eigenvalue weighted by atomic mass is 16.6. The van der Waals surface area contributed by atoms with E-state index in [0.717, 1.165) is 0 Å². The van der Waals surface area contributed by atoms with Gasteiger partial charge in [-0.25, -0.2) is 4.79 Å². The van der Waals surface area contributed by atoms with Crippen LogP contribution in [0, 0.1) is 0 Å². The molecule has 2 N–H and O–H groups in total. The Hall–Kier alpha value is -1.77. The smallest absolute Gasteiger partial charge is 0.490 e. The molecule has 1 aliphatic heterocycles. The standard InChI is InChI=1S/C19H30BNO6/c1-17(2,3)26-16(22)21-10-11-25-15-12-13(8-9-14(15)21)20(24)27-19(6,7)18(4,5)23/h8-9,12,23-24H,10-11H2,1-7H3. The summed E-state index contributed by atoms with van der Waals surface area (Å²) in [6.45, 7) is 12.8. The van der Waals surface area contributed by atoms with Crippen molar-refractivity contribution >= 4 is 24.4 Å². The molecule has 0 radical (unpaired) electrons. The number of amides is 1. The average molecular weight is 379 g/mol. The summed E-state index contributed by atoms with van der Waals surface area (Å²) in [6.07, 6.45) is -0.445. The molecule has 0 atom stereocenters. The average Bonchev–Trinajstić information content (AvgIpc) is 2.50. The van der Waals surface area contributed by atoms with Crippen LogP contribution >= 0.6 is 0 Å². The first-order valence-corrected chi connectivity index (χ1v) is 9.07. The third-order valence-corrected chi connectivity index (χ3v) is 4.63. The molecule has 0 aromatic heterocycles.